The van der Waals surface area contributed by atoms with Crippen LogP contribution in [0.3, 0.4) is 0 Å². The molecule has 3 heteroatoms. The molecule has 2 nitrogen and oxygen atoms in total. The number of allylic oxidation sites excluding steroid dienone is 1. The van der Waals surface area contributed by atoms with Crippen LogP contribution in [0, 0.1) is 11.3 Å². The molecule has 0 rings (SSSR count). The molecule has 0 amide bonds. The molecule has 0 fully saturated rings. The lowest BCUT2D eigenvalue weighted by atomic mass is 9.75. The van der Waals surface area contributed by atoms with Crippen molar-refractivity contribution in [2.75, 3.05) is 0 Å². The lowest BCUT2D eigenvalue weighted by Crippen LogP contribution is -2.33. The standard InChI is InChI=1S/C15H28INO/c1-10(13(18)15(6,7)16)9-14(4,5)11(2)8-12(3)17/h8,10,12H,9,17H2,1-7H3/b11-8+. The molecule has 0 saturated carbocycles. The SMILES string of the molecule is C/C(=C\C(C)N)C(C)(C)CC(C)C(=O)C(C)(C)I. The summed E-state index contributed by atoms with van der Waals surface area (Å²) in [5.41, 5.74) is 7.09. The van der Waals surface area contributed by atoms with Gasteiger partial charge in [-0.15, -0.1) is 0 Å². The van der Waals surface area contributed by atoms with Crippen molar-refractivity contribution in [3.63, 3.8) is 0 Å². The molecule has 0 aliphatic heterocycles. The van der Waals surface area contributed by atoms with Gasteiger partial charge < -0.3 is 5.73 Å². The summed E-state index contributed by atoms with van der Waals surface area (Å²) in [7, 11) is 0. The van der Waals surface area contributed by atoms with E-state index in [9.17, 15) is 4.79 Å². The van der Waals surface area contributed by atoms with Gasteiger partial charge in [-0.1, -0.05) is 55.0 Å². The van der Waals surface area contributed by atoms with Gasteiger partial charge in [0.2, 0.25) is 0 Å². The highest BCUT2D eigenvalue weighted by Gasteiger charge is 2.32. The molecule has 0 aromatic carbocycles. The van der Waals surface area contributed by atoms with E-state index in [1.165, 1.54) is 5.57 Å². The fourth-order valence-electron chi connectivity index (χ4n) is 2.23. The van der Waals surface area contributed by atoms with Crippen LogP contribution in [0.15, 0.2) is 11.6 Å². The van der Waals surface area contributed by atoms with Crippen LogP contribution < -0.4 is 5.73 Å². The van der Waals surface area contributed by atoms with E-state index in [0.29, 0.717) is 5.78 Å². The Bertz CT molecular complexity index is 324. The smallest absolute Gasteiger partial charge is 0.150 e. The Morgan fingerprint density at radius 1 is 1.28 bits per heavy atom. The zero-order valence-electron chi connectivity index (χ0n) is 12.8. The zero-order valence-corrected chi connectivity index (χ0v) is 15.0. The molecule has 0 spiro atoms. The number of halogens is 1. The molecule has 0 aliphatic carbocycles. The van der Waals surface area contributed by atoms with Gasteiger partial charge in [-0.2, -0.15) is 0 Å². The third kappa shape index (κ3) is 5.83. The second-order valence-electron chi connectivity index (χ2n) is 6.53. The van der Waals surface area contributed by atoms with Gasteiger partial charge in [0.1, 0.15) is 0 Å². The van der Waals surface area contributed by atoms with Crippen LogP contribution in [0.2, 0.25) is 0 Å². The average molecular weight is 365 g/mol. The van der Waals surface area contributed by atoms with E-state index in [1.807, 2.05) is 27.7 Å². The number of alkyl halides is 1. The molecule has 18 heavy (non-hydrogen) atoms. The highest BCUT2D eigenvalue weighted by Crippen LogP contribution is 2.36. The topological polar surface area (TPSA) is 43.1 Å². The second-order valence-corrected chi connectivity index (χ2v) is 9.23. The maximum absolute atomic E-state index is 12.2. The normalized spacial score (nSPS) is 17.5. The minimum Gasteiger partial charge on any atom is -0.325 e. The molecule has 0 heterocycles. The molecule has 0 saturated heterocycles. The highest BCUT2D eigenvalue weighted by atomic mass is 127. The summed E-state index contributed by atoms with van der Waals surface area (Å²) in [6, 6.07) is 0.0660. The number of carbonyl (C=O) groups excluding carboxylic acids is 1. The quantitative estimate of drug-likeness (QED) is 0.437. The molecule has 0 bridgehead atoms. The van der Waals surface area contributed by atoms with Gasteiger partial charge in [-0.3, -0.25) is 4.79 Å². The summed E-state index contributed by atoms with van der Waals surface area (Å²) in [5, 5.41) is 0. The number of carbonyl (C=O) groups is 1. The first kappa shape index (κ1) is 18.1. The largest absolute Gasteiger partial charge is 0.325 e. The summed E-state index contributed by atoms with van der Waals surface area (Å²) in [5.74, 6) is 0.396. The van der Waals surface area contributed by atoms with Crippen LogP contribution in [0.25, 0.3) is 0 Å². The number of rotatable bonds is 6. The average Bonchev–Trinajstić information content (AvgIpc) is 2.13. The maximum atomic E-state index is 12.2. The monoisotopic (exact) mass is 365 g/mol. The lowest BCUT2D eigenvalue weighted by molar-refractivity contribution is -0.124. The Morgan fingerprint density at radius 3 is 2.06 bits per heavy atom. The molecule has 0 aliphatic rings. The minimum absolute atomic E-state index is 0.0184. The van der Waals surface area contributed by atoms with Gasteiger partial charge in [0, 0.05) is 12.0 Å². The Kier molecular flexibility index (Phi) is 6.54. The second kappa shape index (κ2) is 6.51. The van der Waals surface area contributed by atoms with Gasteiger partial charge in [0.25, 0.3) is 0 Å². The van der Waals surface area contributed by atoms with E-state index < -0.39 is 0 Å². The van der Waals surface area contributed by atoms with E-state index >= 15 is 0 Å². The van der Waals surface area contributed by atoms with Crippen molar-refractivity contribution in [3.05, 3.63) is 11.6 Å². The van der Waals surface area contributed by atoms with Crippen LogP contribution in [0.1, 0.15) is 54.9 Å². The Morgan fingerprint density at radius 2 is 1.72 bits per heavy atom. The minimum atomic E-state index is -0.286. The van der Waals surface area contributed by atoms with Gasteiger partial charge in [0.15, 0.2) is 5.78 Å². The molecule has 2 unspecified atom stereocenters. The number of hydrogen-bond acceptors (Lipinski definition) is 2. The van der Waals surface area contributed by atoms with Crippen molar-refractivity contribution in [2.24, 2.45) is 17.1 Å². The molecule has 0 radical (unpaired) electrons. The van der Waals surface area contributed by atoms with E-state index in [4.69, 9.17) is 5.73 Å². The zero-order chi connectivity index (χ0) is 14.7. The third-order valence-electron chi connectivity index (χ3n) is 3.43. The summed E-state index contributed by atoms with van der Waals surface area (Å²) in [6.45, 7) is 14.4. The number of Topliss-reactive ketones (excluding diaryl/α,β-unsaturated/α-hetero) is 1. The molecule has 0 aromatic heterocycles. The van der Waals surface area contributed by atoms with Gasteiger partial charge in [-0.25, -0.2) is 0 Å². The third-order valence-corrected chi connectivity index (χ3v) is 3.96. The van der Waals surface area contributed by atoms with Crippen molar-refractivity contribution < 1.29 is 4.79 Å². The predicted octanol–water partition coefficient (Wildman–Crippen LogP) is 4.12. The van der Waals surface area contributed by atoms with Crippen molar-refractivity contribution >= 4 is 28.4 Å². The lowest BCUT2D eigenvalue weighted by Gasteiger charge is -2.31. The van der Waals surface area contributed by atoms with Crippen molar-refractivity contribution in [1.29, 1.82) is 0 Å². The van der Waals surface area contributed by atoms with Crippen LogP contribution in [0.5, 0.6) is 0 Å². The Labute approximate surface area is 126 Å². The number of nitrogens with two attached hydrogens (primary N) is 1. The van der Waals surface area contributed by atoms with Crippen molar-refractivity contribution in [2.45, 2.75) is 64.4 Å². The van der Waals surface area contributed by atoms with E-state index in [2.05, 4.69) is 49.4 Å². The van der Waals surface area contributed by atoms with Crippen LogP contribution in [0.4, 0.5) is 0 Å². The fourth-order valence-corrected chi connectivity index (χ4v) is 2.76. The maximum Gasteiger partial charge on any atom is 0.150 e. The van der Waals surface area contributed by atoms with Gasteiger partial charge in [0.05, 0.1) is 3.42 Å². The van der Waals surface area contributed by atoms with Crippen LogP contribution in [-0.2, 0) is 4.79 Å². The van der Waals surface area contributed by atoms with Gasteiger partial charge in [-0.05, 0) is 39.5 Å². The summed E-state index contributed by atoms with van der Waals surface area (Å²) < 4.78 is -0.286. The summed E-state index contributed by atoms with van der Waals surface area (Å²) in [6.07, 6.45) is 2.96. The van der Waals surface area contributed by atoms with Crippen LogP contribution in [-0.4, -0.2) is 15.2 Å². The molecule has 2 atom stereocenters. The summed E-state index contributed by atoms with van der Waals surface area (Å²) >= 11 is 2.22. The molecule has 106 valence electrons. The first-order valence-electron chi connectivity index (χ1n) is 6.55. The molecule has 0 aromatic rings. The van der Waals surface area contributed by atoms with Crippen LogP contribution >= 0.6 is 22.6 Å². The van der Waals surface area contributed by atoms with Gasteiger partial charge >= 0.3 is 0 Å². The van der Waals surface area contributed by atoms with Crippen molar-refractivity contribution in [1.82, 2.24) is 0 Å². The van der Waals surface area contributed by atoms with E-state index in [1.54, 1.807) is 0 Å². The molecular formula is C15H28INO. The molecule has 2 N–H and O–H groups in total. The number of hydrogen-bond donors (Lipinski definition) is 1. The van der Waals surface area contributed by atoms with E-state index in [-0.39, 0.29) is 20.8 Å². The Hall–Kier alpha value is 0.100. The number of ketones is 1. The first-order chi connectivity index (χ1) is 7.88. The first-order valence-corrected chi connectivity index (χ1v) is 7.63. The fraction of sp³-hybridized carbons (Fsp3) is 0.800. The summed E-state index contributed by atoms with van der Waals surface area (Å²) in [4.78, 5) is 12.2. The predicted molar refractivity (Wildman–Crippen MR) is 88.1 cm³/mol. The van der Waals surface area contributed by atoms with Crippen molar-refractivity contribution in [3.8, 4) is 0 Å². The highest BCUT2D eigenvalue weighted by molar-refractivity contribution is 14.1. The van der Waals surface area contributed by atoms with E-state index in [0.717, 1.165) is 6.42 Å². The Balaban J connectivity index is 4.84. The molecular weight excluding hydrogens is 337 g/mol.